The number of carbonyl (C=O) groups excluding carboxylic acids is 1. The van der Waals surface area contributed by atoms with Gasteiger partial charge in [-0.15, -0.1) is 10.2 Å². The lowest BCUT2D eigenvalue weighted by Gasteiger charge is -2.27. The van der Waals surface area contributed by atoms with Gasteiger partial charge < -0.3 is 14.3 Å². The van der Waals surface area contributed by atoms with E-state index in [1.54, 1.807) is 6.92 Å². The Bertz CT molecular complexity index is 735. The van der Waals surface area contributed by atoms with Gasteiger partial charge in [0.1, 0.15) is 18.9 Å². The number of fused-ring (bicyclic) bond motifs is 3. The molecule has 3 aliphatic rings. The van der Waals surface area contributed by atoms with Gasteiger partial charge in [0.2, 0.25) is 6.79 Å². The summed E-state index contributed by atoms with van der Waals surface area (Å²) in [4.78, 5) is 11.6. The molecule has 3 heterocycles. The van der Waals surface area contributed by atoms with E-state index >= 15 is 0 Å². The molecule has 9 heteroatoms. The molecule has 8 nitrogen and oxygen atoms in total. The molecule has 1 unspecified atom stereocenters. The molecule has 1 aromatic carbocycles. The maximum absolute atomic E-state index is 11.6. The standard InChI is InChI=1S/C17H20NO3.ClHO4/c1-11(19)7-13-3-2-5-18-6-4-12-8-15-16(21-10-20-15)9-14(12)17(13)18;2-1(3,4)5/h8-9,13H,2-7,10H2,1H3;(H,2,3,4,5)/q+1;/p-1. The molecule has 0 amide bonds. The van der Waals surface area contributed by atoms with Crippen LogP contribution in [0.3, 0.4) is 0 Å². The molecule has 0 fully saturated rings. The average Bonchev–Trinajstić information content (AvgIpc) is 2.98. The Hall–Kier alpha value is -1.71. The largest absolute Gasteiger partial charge is 0.454 e. The first-order valence-corrected chi connectivity index (χ1v) is 9.61. The Balaban J connectivity index is 0.000000349. The Morgan fingerprint density at radius 1 is 1.19 bits per heavy atom. The maximum atomic E-state index is 11.6. The molecule has 0 spiro atoms. The second-order valence-corrected chi connectivity index (χ2v) is 7.36. The SMILES string of the molecule is CC(=O)CC1CCC[N+]2=C1c1cc3c(cc1CC2)OCO3.[O-][Cl+3]([O-])([O-])[O-]. The predicted molar refractivity (Wildman–Crippen MR) is 78.4 cm³/mol. The van der Waals surface area contributed by atoms with Crippen molar-refractivity contribution in [3.63, 3.8) is 0 Å². The van der Waals surface area contributed by atoms with Crippen molar-refractivity contribution in [1.82, 2.24) is 0 Å². The van der Waals surface area contributed by atoms with Gasteiger partial charge in [-0.3, -0.25) is 0 Å². The van der Waals surface area contributed by atoms with E-state index in [-0.39, 0.29) is 5.78 Å². The molecule has 0 radical (unpaired) electrons. The Labute approximate surface area is 153 Å². The average molecular weight is 386 g/mol. The van der Waals surface area contributed by atoms with E-state index in [4.69, 9.17) is 28.1 Å². The Morgan fingerprint density at radius 3 is 2.50 bits per heavy atom. The molecule has 0 N–H and O–H groups in total. The van der Waals surface area contributed by atoms with Crippen molar-refractivity contribution < 1.29 is 47.7 Å². The predicted octanol–water partition coefficient (Wildman–Crippen LogP) is -2.59. The van der Waals surface area contributed by atoms with Crippen LogP contribution in [0, 0.1) is 16.2 Å². The number of rotatable bonds is 2. The lowest BCUT2D eigenvalue weighted by molar-refractivity contribution is -2.00. The maximum Gasteiger partial charge on any atom is 0.231 e. The van der Waals surface area contributed by atoms with Gasteiger partial charge in [-0.25, -0.2) is 23.2 Å². The van der Waals surface area contributed by atoms with Gasteiger partial charge in [0, 0.05) is 24.8 Å². The van der Waals surface area contributed by atoms with Gasteiger partial charge in [0.05, 0.1) is 5.92 Å². The fourth-order valence-electron chi connectivity index (χ4n) is 3.90. The summed E-state index contributed by atoms with van der Waals surface area (Å²) in [6.45, 7) is 4.17. The van der Waals surface area contributed by atoms with E-state index in [0.717, 1.165) is 37.4 Å². The van der Waals surface area contributed by atoms with Crippen LogP contribution in [0.1, 0.15) is 37.3 Å². The van der Waals surface area contributed by atoms with Crippen molar-refractivity contribution in [1.29, 1.82) is 0 Å². The van der Waals surface area contributed by atoms with Crippen LogP contribution in [0.5, 0.6) is 11.5 Å². The van der Waals surface area contributed by atoms with Crippen molar-refractivity contribution in [3.05, 3.63) is 23.3 Å². The summed E-state index contributed by atoms with van der Waals surface area (Å²) in [7, 11) is -4.94. The number of nitrogens with zero attached hydrogens (tertiary/aromatic N) is 1. The number of ketones is 1. The lowest BCUT2D eigenvalue weighted by atomic mass is 9.81. The number of ether oxygens (including phenoxy) is 2. The molecule has 3 aliphatic heterocycles. The zero-order valence-corrected chi connectivity index (χ0v) is 15.1. The molecule has 142 valence electrons. The highest BCUT2D eigenvalue weighted by molar-refractivity contribution is 6.03. The highest BCUT2D eigenvalue weighted by Gasteiger charge is 2.37. The third kappa shape index (κ3) is 4.52. The van der Waals surface area contributed by atoms with Gasteiger partial charge in [-0.2, -0.15) is 0 Å². The second-order valence-electron chi connectivity index (χ2n) is 6.61. The topological polar surface area (TPSA) is 131 Å². The molecule has 1 atom stereocenters. The first kappa shape index (κ1) is 19.1. The van der Waals surface area contributed by atoms with E-state index < -0.39 is 10.2 Å². The monoisotopic (exact) mass is 385 g/mol. The molecular weight excluding hydrogens is 366 g/mol. The summed E-state index contributed by atoms with van der Waals surface area (Å²) in [5, 5.41) is 0. The zero-order chi connectivity index (χ0) is 18.9. The molecule has 0 aliphatic carbocycles. The van der Waals surface area contributed by atoms with E-state index in [1.165, 1.54) is 23.3 Å². The normalized spacial score (nSPS) is 20.7. The molecular formula is C17H20ClNO7. The summed E-state index contributed by atoms with van der Waals surface area (Å²) in [6, 6.07) is 4.25. The van der Waals surface area contributed by atoms with Crippen molar-refractivity contribution in [2.45, 2.75) is 32.6 Å². The number of halogens is 1. The van der Waals surface area contributed by atoms with Crippen molar-refractivity contribution in [2.24, 2.45) is 5.92 Å². The minimum absolute atomic E-state index is 0.280. The van der Waals surface area contributed by atoms with E-state index in [1.807, 2.05) is 0 Å². The van der Waals surface area contributed by atoms with Crippen LogP contribution in [-0.4, -0.2) is 36.0 Å². The van der Waals surface area contributed by atoms with Crippen molar-refractivity contribution in [3.8, 4) is 11.5 Å². The molecule has 0 saturated carbocycles. The Morgan fingerprint density at radius 2 is 1.85 bits per heavy atom. The molecule has 4 rings (SSSR count). The van der Waals surface area contributed by atoms with E-state index in [9.17, 15) is 4.79 Å². The smallest absolute Gasteiger partial charge is 0.231 e. The molecule has 0 aromatic heterocycles. The van der Waals surface area contributed by atoms with Crippen LogP contribution in [-0.2, 0) is 11.2 Å². The summed E-state index contributed by atoms with van der Waals surface area (Å²) < 4.78 is 47.5. The van der Waals surface area contributed by atoms with Gasteiger partial charge >= 0.3 is 0 Å². The number of hydrogen-bond donors (Lipinski definition) is 0. The number of Topliss-reactive ketones (excluding diaryl/α,β-unsaturated/α-hetero) is 1. The highest BCUT2D eigenvalue weighted by Crippen LogP contribution is 2.38. The summed E-state index contributed by atoms with van der Waals surface area (Å²) in [5.74, 6) is 2.34. The molecule has 0 bridgehead atoms. The van der Waals surface area contributed by atoms with Crippen molar-refractivity contribution in [2.75, 3.05) is 19.9 Å². The molecule has 26 heavy (non-hydrogen) atoms. The zero-order valence-electron chi connectivity index (χ0n) is 14.4. The minimum atomic E-state index is -4.94. The first-order valence-electron chi connectivity index (χ1n) is 8.38. The number of carbonyl (C=O) groups is 1. The fourth-order valence-corrected chi connectivity index (χ4v) is 3.90. The van der Waals surface area contributed by atoms with Gasteiger partial charge in [0.25, 0.3) is 0 Å². The summed E-state index contributed by atoms with van der Waals surface area (Å²) in [5.41, 5.74) is 3.97. The number of benzene rings is 1. The number of hydrogen-bond acceptors (Lipinski definition) is 7. The highest BCUT2D eigenvalue weighted by atomic mass is 35.7. The van der Waals surface area contributed by atoms with Gasteiger partial charge in [-0.1, -0.05) is 0 Å². The Kier molecular flexibility index (Phi) is 5.50. The molecule has 1 aromatic rings. The third-order valence-corrected chi connectivity index (χ3v) is 4.77. The van der Waals surface area contributed by atoms with Crippen LogP contribution < -0.4 is 28.1 Å². The quantitative estimate of drug-likeness (QED) is 0.510. The van der Waals surface area contributed by atoms with Gasteiger partial charge in [0.15, 0.2) is 17.2 Å². The van der Waals surface area contributed by atoms with Crippen LogP contribution in [0.4, 0.5) is 0 Å². The lowest BCUT2D eigenvalue weighted by Crippen LogP contribution is -2.68. The van der Waals surface area contributed by atoms with E-state index in [0.29, 0.717) is 19.1 Å². The van der Waals surface area contributed by atoms with E-state index in [2.05, 4.69) is 16.7 Å². The van der Waals surface area contributed by atoms with Gasteiger partial charge in [-0.05, 0) is 31.0 Å². The van der Waals surface area contributed by atoms with Crippen LogP contribution in [0.2, 0.25) is 0 Å². The third-order valence-electron chi connectivity index (χ3n) is 4.77. The summed E-state index contributed by atoms with van der Waals surface area (Å²) in [6.07, 6.45) is 3.99. The van der Waals surface area contributed by atoms with Crippen LogP contribution >= 0.6 is 0 Å². The fraction of sp³-hybridized carbons (Fsp3) is 0.529. The minimum Gasteiger partial charge on any atom is -0.454 e. The van der Waals surface area contributed by atoms with Crippen LogP contribution in [0.15, 0.2) is 12.1 Å². The van der Waals surface area contributed by atoms with Crippen LogP contribution in [0.25, 0.3) is 0 Å². The first-order chi connectivity index (χ1) is 12.2. The van der Waals surface area contributed by atoms with Crippen molar-refractivity contribution >= 4 is 11.5 Å². The summed E-state index contributed by atoms with van der Waals surface area (Å²) >= 11 is 0. The second kappa shape index (κ2) is 7.50. The molecule has 0 saturated heterocycles.